The molecular formula is C18H23ClN2O2. The molecule has 0 amide bonds. The van der Waals surface area contributed by atoms with Gasteiger partial charge in [-0.2, -0.15) is 0 Å². The van der Waals surface area contributed by atoms with Gasteiger partial charge >= 0.3 is 0 Å². The van der Waals surface area contributed by atoms with E-state index in [-0.39, 0.29) is 6.10 Å². The van der Waals surface area contributed by atoms with Crippen molar-refractivity contribution < 1.29 is 9.52 Å². The second-order valence-electron chi connectivity index (χ2n) is 6.89. The van der Waals surface area contributed by atoms with Crippen LogP contribution in [0.3, 0.4) is 0 Å². The Morgan fingerprint density at radius 2 is 1.91 bits per heavy atom. The number of aliphatic hydroxyl groups is 1. The van der Waals surface area contributed by atoms with E-state index >= 15 is 0 Å². The molecule has 4 nitrogen and oxygen atoms in total. The number of aliphatic hydroxyl groups excluding tert-OH is 1. The molecule has 2 atom stereocenters. The molecule has 2 aromatic rings. The van der Waals surface area contributed by atoms with Gasteiger partial charge in [-0.25, -0.2) is 4.98 Å². The first kappa shape index (κ1) is 15.4. The highest BCUT2D eigenvalue weighted by Crippen LogP contribution is 2.33. The van der Waals surface area contributed by atoms with Gasteiger partial charge in [-0.1, -0.05) is 24.4 Å². The molecule has 2 fully saturated rings. The van der Waals surface area contributed by atoms with Crippen LogP contribution in [-0.4, -0.2) is 40.2 Å². The Bertz CT molecular complexity index is 679. The van der Waals surface area contributed by atoms with E-state index in [0.717, 1.165) is 55.8 Å². The fourth-order valence-corrected chi connectivity index (χ4v) is 4.26. The molecule has 4 rings (SSSR count). The molecule has 124 valence electrons. The first-order chi connectivity index (χ1) is 11.2. The molecule has 0 radical (unpaired) electrons. The largest absolute Gasteiger partial charge is 0.440 e. The zero-order chi connectivity index (χ0) is 15.8. The number of oxazole rings is 1. The number of hydrogen-bond acceptors (Lipinski definition) is 4. The average molecular weight is 335 g/mol. The summed E-state index contributed by atoms with van der Waals surface area (Å²) in [4.78, 5) is 7.10. The van der Waals surface area contributed by atoms with E-state index in [9.17, 15) is 5.11 Å². The van der Waals surface area contributed by atoms with Crippen molar-refractivity contribution in [3.05, 3.63) is 29.1 Å². The van der Waals surface area contributed by atoms with E-state index in [1.165, 1.54) is 12.8 Å². The van der Waals surface area contributed by atoms with Crippen molar-refractivity contribution >= 4 is 22.7 Å². The van der Waals surface area contributed by atoms with Crippen LogP contribution < -0.4 is 0 Å². The molecule has 1 N–H and O–H groups in total. The second kappa shape index (κ2) is 6.42. The monoisotopic (exact) mass is 334 g/mol. The first-order valence-electron chi connectivity index (χ1n) is 8.69. The Labute approximate surface area is 141 Å². The van der Waals surface area contributed by atoms with Crippen molar-refractivity contribution in [3.8, 4) is 0 Å². The van der Waals surface area contributed by atoms with Crippen molar-refractivity contribution in [2.45, 2.75) is 56.6 Å². The summed E-state index contributed by atoms with van der Waals surface area (Å²) >= 11 is 6.02. The number of benzene rings is 1. The molecular weight excluding hydrogens is 312 g/mol. The van der Waals surface area contributed by atoms with Crippen LogP contribution in [-0.2, 0) is 0 Å². The Morgan fingerprint density at radius 3 is 2.70 bits per heavy atom. The van der Waals surface area contributed by atoms with Crippen molar-refractivity contribution in [3.63, 3.8) is 0 Å². The molecule has 2 heterocycles. The minimum absolute atomic E-state index is 0.147. The molecule has 2 unspecified atom stereocenters. The Morgan fingerprint density at radius 1 is 1.13 bits per heavy atom. The van der Waals surface area contributed by atoms with Crippen LogP contribution in [0.4, 0.5) is 0 Å². The Hall–Kier alpha value is -1.10. The highest BCUT2D eigenvalue weighted by molar-refractivity contribution is 6.31. The second-order valence-corrected chi connectivity index (χ2v) is 7.33. The molecule has 1 saturated heterocycles. The average Bonchev–Trinajstić information content (AvgIpc) is 2.98. The molecule has 1 aromatic carbocycles. The summed E-state index contributed by atoms with van der Waals surface area (Å²) in [6, 6.07) is 5.94. The fourth-order valence-electron chi connectivity index (χ4n) is 4.09. The maximum Gasteiger partial charge on any atom is 0.198 e. The van der Waals surface area contributed by atoms with Gasteiger partial charge < -0.3 is 9.52 Å². The van der Waals surface area contributed by atoms with Crippen LogP contribution in [0.1, 0.15) is 50.3 Å². The lowest BCUT2D eigenvalue weighted by atomic mass is 9.88. The molecule has 1 aromatic heterocycles. The summed E-state index contributed by atoms with van der Waals surface area (Å²) in [6.07, 6.45) is 6.44. The number of piperidine rings is 1. The van der Waals surface area contributed by atoms with Gasteiger partial charge in [-0.05, 0) is 57.0 Å². The van der Waals surface area contributed by atoms with Gasteiger partial charge in [-0.15, -0.1) is 0 Å². The lowest BCUT2D eigenvalue weighted by Crippen LogP contribution is -2.48. The van der Waals surface area contributed by atoms with Crippen LogP contribution in [0, 0.1) is 0 Å². The van der Waals surface area contributed by atoms with Crippen LogP contribution >= 0.6 is 11.6 Å². The number of nitrogens with zero attached hydrogens (tertiary/aromatic N) is 2. The van der Waals surface area contributed by atoms with E-state index < -0.39 is 0 Å². The van der Waals surface area contributed by atoms with E-state index in [1.807, 2.05) is 18.2 Å². The molecule has 2 aliphatic rings. The third-order valence-electron chi connectivity index (χ3n) is 5.41. The molecule has 0 spiro atoms. The van der Waals surface area contributed by atoms with Gasteiger partial charge in [0.15, 0.2) is 11.5 Å². The van der Waals surface area contributed by atoms with Crippen LogP contribution in [0.2, 0.25) is 5.02 Å². The van der Waals surface area contributed by atoms with E-state index in [0.29, 0.717) is 17.0 Å². The zero-order valence-electron chi connectivity index (χ0n) is 13.2. The van der Waals surface area contributed by atoms with Crippen LogP contribution in [0.5, 0.6) is 0 Å². The number of halogens is 1. The number of fused-ring (bicyclic) bond motifs is 1. The number of aromatic nitrogens is 1. The lowest BCUT2D eigenvalue weighted by molar-refractivity contribution is 0.00763. The quantitative estimate of drug-likeness (QED) is 0.903. The van der Waals surface area contributed by atoms with Gasteiger partial charge in [-0.3, -0.25) is 4.90 Å². The summed E-state index contributed by atoms with van der Waals surface area (Å²) in [7, 11) is 0. The highest BCUT2D eigenvalue weighted by Gasteiger charge is 2.33. The van der Waals surface area contributed by atoms with Crippen molar-refractivity contribution in [1.82, 2.24) is 9.88 Å². The van der Waals surface area contributed by atoms with Crippen molar-refractivity contribution in [2.24, 2.45) is 0 Å². The summed E-state index contributed by atoms with van der Waals surface area (Å²) in [5.74, 6) is 1.21. The highest BCUT2D eigenvalue weighted by atomic mass is 35.5. The van der Waals surface area contributed by atoms with Gasteiger partial charge in [0, 0.05) is 17.0 Å². The summed E-state index contributed by atoms with van der Waals surface area (Å²) < 4.78 is 5.93. The van der Waals surface area contributed by atoms with Gasteiger partial charge in [0.05, 0.1) is 6.10 Å². The SMILES string of the molecule is OC1CCCCC1N1CCC(c2nc3cc(Cl)ccc3o2)CC1. The van der Waals surface area contributed by atoms with Gasteiger partial charge in [0.1, 0.15) is 5.52 Å². The number of rotatable bonds is 2. The third-order valence-corrected chi connectivity index (χ3v) is 5.64. The first-order valence-corrected chi connectivity index (χ1v) is 9.06. The minimum Gasteiger partial charge on any atom is -0.440 e. The zero-order valence-corrected chi connectivity index (χ0v) is 14.0. The Kier molecular flexibility index (Phi) is 4.31. The van der Waals surface area contributed by atoms with Gasteiger partial charge in [0.25, 0.3) is 0 Å². The van der Waals surface area contributed by atoms with Crippen molar-refractivity contribution in [1.29, 1.82) is 0 Å². The van der Waals surface area contributed by atoms with Gasteiger partial charge in [0.2, 0.25) is 0 Å². The van der Waals surface area contributed by atoms with Crippen LogP contribution in [0.25, 0.3) is 11.1 Å². The standard InChI is InChI=1S/C18H23ClN2O2/c19-13-5-6-17-14(11-13)20-18(23-17)12-7-9-21(10-8-12)15-3-1-2-4-16(15)22/h5-6,11-12,15-16,22H,1-4,7-10H2. The molecule has 23 heavy (non-hydrogen) atoms. The van der Waals surface area contributed by atoms with Crippen molar-refractivity contribution in [2.75, 3.05) is 13.1 Å². The lowest BCUT2D eigenvalue weighted by Gasteiger charge is -2.41. The predicted octanol–water partition coefficient (Wildman–Crippen LogP) is 3.96. The van der Waals surface area contributed by atoms with E-state index in [1.54, 1.807) is 0 Å². The third kappa shape index (κ3) is 3.12. The minimum atomic E-state index is -0.147. The number of hydrogen-bond donors (Lipinski definition) is 1. The smallest absolute Gasteiger partial charge is 0.198 e. The maximum atomic E-state index is 10.2. The fraction of sp³-hybridized carbons (Fsp3) is 0.611. The van der Waals surface area contributed by atoms with E-state index in [4.69, 9.17) is 16.0 Å². The Balaban J connectivity index is 1.44. The normalized spacial score (nSPS) is 27.6. The predicted molar refractivity (Wildman–Crippen MR) is 90.8 cm³/mol. The summed E-state index contributed by atoms with van der Waals surface area (Å²) in [5, 5.41) is 10.9. The topological polar surface area (TPSA) is 49.5 Å². The number of likely N-dealkylation sites (tertiary alicyclic amines) is 1. The van der Waals surface area contributed by atoms with Crippen LogP contribution in [0.15, 0.2) is 22.6 Å². The summed E-state index contributed by atoms with van der Waals surface area (Å²) in [5.41, 5.74) is 1.66. The molecule has 5 heteroatoms. The molecule has 1 saturated carbocycles. The molecule has 1 aliphatic heterocycles. The summed E-state index contributed by atoms with van der Waals surface area (Å²) in [6.45, 7) is 2.04. The van der Waals surface area contributed by atoms with E-state index in [2.05, 4.69) is 9.88 Å². The maximum absolute atomic E-state index is 10.2. The molecule has 0 bridgehead atoms. The molecule has 1 aliphatic carbocycles.